The summed E-state index contributed by atoms with van der Waals surface area (Å²) in [5.74, 6) is 0. The van der Waals surface area contributed by atoms with Crippen molar-refractivity contribution in [2.24, 2.45) is 11.1 Å². The number of H-pyrrole nitrogens is 1. The molecule has 4 nitrogen and oxygen atoms in total. The largest absolute Gasteiger partial charge is 0.380 e. The monoisotopic (exact) mass is 259 g/mol. The second-order valence-corrected chi connectivity index (χ2v) is 5.73. The Hall–Kier alpha value is -1.36. The summed E-state index contributed by atoms with van der Waals surface area (Å²) in [7, 11) is 2.15. The highest BCUT2D eigenvalue weighted by molar-refractivity contribution is 5.82. The Morgan fingerprint density at radius 1 is 1.37 bits per heavy atom. The summed E-state index contributed by atoms with van der Waals surface area (Å²) in [6, 6.07) is 8.42. The predicted octanol–water partition coefficient (Wildman–Crippen LogP) is 1.57. The number of fused-ring (bicyclic) bond motifs is 1. The molecule has 1 saturated heterocycles. The SMILES string of the molecule is CN(Cc1c[nH]c2ccccc12)CC1(CN)COC1. The van der Waals surface area contributed by atoms with Gasteiger partial charge in [0.25, 0.3) is 0 Å². The van der Waals surface area contributed by atoms with Crippen LogP contribution in [0.25, 0.3) is 10.9 Å². The van der Waals surface area contributed by atoms with Crippen molar-refractivity contribution >= 4 is 10.9 Å². The third kappa shape index (κ3) is 2.39. The molecule has 1 aromatic carbocycles. The van der Waals surface area contributed by atoms with Gasteiger partial charge in [0.05, 0.1) is 13.2 Å². The second-order valence-electron chi connectivity index (χ2n) is 5.73. The van der Waals surface area contributed by atoms with Crippen molar-refractivity contribution in [2.45, 2.75) is 6.54 Å². The first-order valence-electron chi connectivity index (χ1n) is 6.74. The van der Waals surface area contributed by atoms with E-state index >= 15 is 0 Å². The molecule has 0 spiro atoms. The van der Waals surface area contributed by atoms with E-state index < -0.39 is 0 Å². The van der Waals surface area contributed by atoms with E-state index in [-0.39, 0.29) is 5.41 Å². The van der Waals surface area contributed by atoms with Crippen LogP contribution in [0.1, 0.15) is 5.56 Å². The van der Waals surface area contributed by atoms with Crippen LogP contribution in [0, 0.1) is 5.41 Å². The fourth-order valence-electron chi connectivity index (χ4n) is 2.85. The third-order valence-electron chi connectivity index (χ3n) is 3.97. The van der Waals surface area contributed by atoms with E-state index in [4.69, 9.17) is 10.5 Å². The Morgan fingerprint density at radius 2 is 2.16 bits per heavy atom. The van der Waals surface area contributed by atoms with Crippen molar-refractivity contribution in [3.8, 4) is 0 Å². The van der Waals surface area contributed by atoms with Crippen LogP contribution in [0.3, 0.4) is 0 Å². The zero-order valence-electron chi connectivity index (χ0n) is 11.4. The minimum Gasteiger partial charge on any atom is -0.380 e. The van der Waals surface area contributed by atoms with Gasteiger partial charge in [-0.2, -0.15) is 0 Å². The van der Waals surface area contributed by atoms with Crippen LogP contribution < -0.4 is 5.73 Å². The lowest BCUT2D eigenvalue weighted by Crippen LogP contribution is -2.54. The maximum Gasteiger partial charge on any atom is 0.0569 e. The molecule has 4 heteroatoms. The van der Waals surface area contributed by atoms with Gasteiger partial charge in [0.1, 0.15) is 0 Å². The van der Waals surface area contributed by atoms with Crippen molar-refractivity contribution < 1.29 is 4.74 Å². The second kappa shape index (κ2) is 4.96. The van der Waals surface area contributed by atoms with E-state index in [9.17, 15) is 0 Å². The molecule has 2 aromatic rings. The summed E-state index contributed by atoms with van der Waals surface area (Å²) in [6.45, 7) is 4.21. The van der Waals surface area contributed by atoms with Crippen LogP contribution in [-0.4, -0.2) is 43.2 Å². The molecule has 0 saturated carbocycles. The Bertz CT molecular complexity index is 554. The minimum atomic E-state index is 0.168. The van der Waals surface area contributed by atoms with Crippen molar-refractivity contribution in [1.29, 1.82) is 0 Å². The smallest absolute Gasteiger partial charge is 0.0569 e. The molecule has 3 rings (SSSR count). The maximum atomic E-state index is 5.87. The number of para-hydroxylation sites is 1. The van der Waals surface area contributed by atoms with Crippen molar-refractivity contribution in [1.82, 2.24) is 9.88 Å². The van der Waals surface area contributed by atoms with E-state index in [0.717, 1.165) is 26.3 Å². The van der Waals surface area contributed by atoms with Crippen LogP contribution in [0.15, 0.2) is 30.5 Å². The zero-order chi connectivity index (χ0) is 13.3. The Morgan fingerprint density at radius 3 is 2.84 bits per heavy atom. The predicted molar refractivity (Wildman–Crippen MR) is 76.9 cm³/mol. The molecule has 19 heavy (non-hydrogen) atoms. The van der Waals surface area contributed by atoms with Gasteiger partial charge in [-0.05, 0) is 18.7 Å². The third-order valence-corrected chi connectivity index (χ3v) is 3.97. The van der Waals surface area contributed by atoms with Gasteiger partial charge in [-0.3, -0.25) is 0 Å². The van der Waals surface area contributed by atoms with Crippen LogP contribution in [0.5, 0.6) is 0 Å². The number of nitrogens with one attached hydrogen (secondary N) is 1. The Labute approximate surface area is 113 Å². The first-order valence-corrected chi connectivity index (χ1v) is 6.74. The molecular formula is C15H21N3O. The molecule has 1 aliphatic rings. The highest BCUT2D eigenvalue weighted by Gasteiger charge is 2.38. The first-order chi connectivity index (χ1) is 9.22. The molecular weight excluding hydrogens is 238 g/mol. The highest BCUT2D eigenvalue weighted by atomic mass is 16.5. The standard InChI is InChI=1S/C15H21N3O/c1-18(9-15(8-16)10-19-11-15)7-12-6-17-14-5-3-2-4-13(12)14/h2-6,17H,7-11,16H2,1H3. The van der Waals surface area contributed by atoms with E-state index in [0.29, 0.717) is 6.54 Å². The molecule has 0 radical (unpaired) electrons. The molecule has 0 aliphatic carbocycles. The van der Waals surface area contributed by atoms with E-state index in [2.05, 4.69) is 47.4 Å². The molecule has 3 N–H and O–H groups in total. The van der Waals surface area contributed by atoms with Gasteiger partial charge in [-0.25, -0.2) is 0 Å². The number of hydrogen-bond acceptors (Lipinski definition) is 3. The number of hydrogen-bond donors (Lipinski definition) is 2. The van der Waals surface area contributed by atoms with E-state index in [1.54, 1.807) is 0 Å². The normalized spacial score (nSPS) is 17.8. The number of aromatic nitrogens is 1. The van der Waals surface area contributed by atoms with Gasteiger partial charge in [0, 0.05) is 42.1 Å². The molecule has 0 amide bonds. The van der Waals surface area contributed by atoms with Crippen molar-refractivity contribution in [2.75, 3.05) is 33.4 Å². The maximum absolute atomic E-state index is 5.87. The summed E-state index contributed by atoms with van der Waals surface area (Å²) in [6.07, 6.45) is 2.10. The molecule has 1 aliphatic heterocycles. The lowest BCUT2D eigenvalue weighted by molar-refractivity contribution is -0.118. The van der Waals surface area contributed by atoms with Gasteiger partial charge >= 0.3 is 0 Å². The fourth-order valence-corrected chi connectivity index (χ4v) is 2.85. The van der Waals surface area contributed by atoms with Gasteiger partial charge in [-0.1, -0.05) is 18.2 Å². The van der Waals surface area contributed by atoms with Gasteiger partial charge in [0.15, 0.2) is 0 Å². The van der Waals surface area contributed by atoms with Gasteiger partial charge in [-0.15, -0.1) is 0 Å². The van der Waals surface area contributed by atoms with Crippen molar-refractivity contribution in [3.63, 3.8) is 0 Å². The summed E-state index contributed by atoms with van der Waals surface area (Å²) in [4.78, 5) is 5.66. The first kappa shape index (κ1) is 12.7. The number of rotatable bonds is 5. The van der Waals surface area contributed by atoms with Crippen LogP contribution >= 0.6 is 0 Å². The highest BCUT2D eigenvalue weighted by Crippen LogP contribution is 2.28. The number of benzene rings is 1. The average Bonchev–Trinajstić information content (AvgIpc) is 2.78. The number of nitrogens with two attached hydrogens (primary N) is 1. The van der Waals surface area contributed by atoms with Gasteiger partial charge < -0.3 is 20.4 Å². The summed E-state index contributed by atoms with van der Waals surface area (Å²) >= 11 is 0. The number of nitrogens with zero attached hydrogens (tertiary/aromatic N) is 1. The summed E-state index contributed by atoms with van der Waals surface area (Å²) in [5.41, 5.74) is 8.57. The lowest BCUT2D eigenvalue weighted by atomic mass is 9.85. The van der Waals surface area contributed by atoms with E-state index in [1.165, 1.54) is 16.5 Å². The zero-order valence-corrected chi connectivity index (χ0v) is 11.4. The molecule has 0 atom stereocenters. The molecule has 0 unspecified atom stereocenters. The summed E-state index contributed by atoms with van der Waals surface area (Å²) < 4.78 is 5.32. The lowest BCUT2D eigenvalue weighted by Gasteiger charge is -2.43. The Kier molecular flexibility index (Phi) is 3.31. The number of aromatic amines is 1. The molecule has 2 heterocycles. The van der Waals surface area contributed by atoms with Crippen LogP contribution in [0.4, 0.5) is 0 Å². The van der Waals surface area contributed by atoms with Crippen LogP contribution in [-0.2, 0) is 11.3 Å². The fraction of sp³-hybridized carbons (Fsp3) is 0.467. The topological polar surface area (TPSA) is 54.3 Å². The quantitative estimate of drug-likeness (QED) is 0.857. The van der Waals surface area contributed by atoms with Crippen molar-refractivity contribution in [3.05, 3.63) is 36.0 Å². The molecule has 1 aromatic heterocycles. The Balaban J connectivity index is 1.70. The molecule has 0 bridgehead atoms. The van der Waals surface area contributed by atoms with Gasteiger partial charge in [0.2, 0.25) is 0 Å². The number of ether oxygens (including phenoxy) is 1. The van der Waals surface area contributed by atoms with E-state index in [1.807, 2.05) is 0 Å². The molecule has 102 valence electrons. The summed E-state index contributed by atoms with van der Waals surface area (Å²) in [5, 5.41) is 1.31. The van der Waals surface area contributed by atoms with Crippen LogP contribution in [0.2, 0.25) is 0 Å². The molecule has 1 fully saturated rings. The average molecular weight is 259 g/mol. The minimum absolute atomic E-state index is 0.168.